The van der Waals surface area contributed by atoms with Gasteiger partial charge in [0.05, 0.1) is 11.2 Å². The van der Waals surface area contributed by atoms with Crippen LogP contribution in [-0.4, -0.2) is 61.6 Å². The van der Waals surface area contributed by atoms with E-state index >= 15 is 0 Å². The van der Waals surface area contributed by atoms with Gasteiger partial charge in [-0.2, -0.15) is 0 Å². The molecule has 1 amide bonds. The van der Waals surface area contributed by atoms with Crippen LogP contribution in [0.2, 0.25) is 0 Å². The summed E-state index contributed by atoms with van der Waals surface area (Å²) in [7, 11) is -3.46. The second-order valence-electron chi connectivity index (χ2n) is 10.8. The van der Waals surface area contributed by atoms with Crippen molar-refractivity contribution >= 4 is 15.9 Å². The van der Waals surface area contributed by atoms with Gasteiger partial charge in [-0.15, -0.1) is 0 Å². The van der Waals surface area contributed by atoms with Gasteiger partial charge in [0.2, 0.25) is 15.9 Å². The van der Waals surface area contributed by atoms with Gasteiger partial charge in [-0.3, -0.25) is 9.69 Å². The van der Waals surface area contributed by atoms with E-state index in [1.54, 1.807) is 0 Å². The van der Waals surface area contributed by atoms with Crippen LogP contribution in [0.4, 0.5) is 0 Å². The van der Waals surface area contributed by atoms with Crippen LogP contribution in [0.5, 0.6) is 0 Å². The Morgan fingerprint density at radius 3 is 2.34 bits per heavy atom. The van der Waals surface area contributed by atoms with Crippen LogP contribution >= 0.6 is 0 Å². The number of carbonyl (C=O) groups excluding carboxylic acids is 1. The molecule has 3 atom stereocenters. The monoisotopic (exact) mass is 459 g/mol. The Bertz CT molecular complexity index is 925. The molecule has 176 valence electrons. The van der Waals surface area contributed by atoms with Gasteiger partial charge in [0.1, 0.15) is 0 Å². The highest BCUT2D eigenvalue weighted by Gasteiger charge is 2.60. The molecule has 3 aliphatic heterocycles. The number of likely N-dealkylation sites (tertiary alicyclic amines) is 1. The molecule has 5 rings (SSSR count). The predicted octanol–water partition coefficient (Wildman–Crippen LogP) is 2.78. The van der Waals surface area contributed by atoms with Crippen molar-refractivity contribution in [2.45, 2.75) is 69.9 Å². The maximum atomic E-state index is 14.2. The second-order valence-corrected chi connectivity index (χ2v) is 12.5. The van der Waals surface area contributed by atoms with Crippen molar-refractivity contribution in [1.29, 1.82) is 0 Å². The lowest BCUT2D eigenvalue weighted by Crippen LogP contribution is -2.54. The maximum absolute atomic E-state index is 14.2. The molecule has 0 radical (unpaired) electrons. The van der Waals surface area contributed by atoms with Crippen molar-refractivity contribution in [2.75, 3.05) is 25.4 Å². The fraction of sp³-hybridized carbons (Fsp3) is 0.720. The first-order chi connectivity index (χ1) is 15.3. The fourth-order valence-corrected chi connectivity index (χ4v) is 7.95. The number of nitrogens with zero attached hydrogens (tertiary/aromatic N) is 2. The number of rotatable bonds is 7. The molecule has 2 bridgehead atoms. The van der Waals surface area contributed by atoms with Gasteiger partial charge in [-0.1, -0.05) is 36.8 Å². The summed E-state index contributed by atoms with van der Waals surface area (Å²) in [5, 5.41) is 5.27. The minimum Gasteiger partial charge on any atom is -0.342 e. The van der Waals surface area contributed by atoms with E-state index in [0.717, 1.165) is 44.6 Å². The Morgan fingerprint density at radius 2 is 1.72 bits per heavy atom. The molecule has 1 aromatic rings. The molecule has 6 nitrogen and oxygen atoms in total. The third kappa shape index (κ3) is 4.36. The van der Waals surface area contributed by atoms with Gasteiger partial charge in [0, 0.05) is 31.7 Å². The normalized spacial score (nSPS) is 31.7. The topological polar surface area (TPSA) is 83.7 Å². The van der Waals surface area contributed by atoms with Gasteiger partial charge in [-0.25, -0.2) is 13.6 Å². The van der Waals surface area contributed by atoms with Crippen molar-refractivity contribution in [3.8, 4) is 0 Å². The number of fused-ring (bicyclic) bond motifs is 2. The average Bonchev–Trinajstić information content (AvgIpc) is 3.25. The first kappa shape index (κ1) is 22.4. The standard InChI is InChI=1S/C25H37N3O3S/c26-32(30,31)18-21-11-13-27(14-12-21)24(29)25(15-19-5-2-1-3-6-19)16-22-9-10-23(25)28(22)17-20-7-4-8-20/h1-3,5-6,20-23H,4,7-18H2,(H2,26,30,31)/t22-,23+,25+/m1/s1. The minimum atomic E-state index is -3.46. The van der Waals surface area contributed by atoms with Gasteiger partial charge < -0.3 is 4.90 Å². The Kier molecular flexibility index (Phi) is 6.10. The molecule has 0 aromatic heterocycles. The molecule has 0 unspecified atom stereocenters. The van der Waals surface area contributed by atoms with Gasteiger partial charge >= 0.3 is 0 Å². The van der Waals surface area contributed by atoms with Gasteiger partial charge in [-0.05, 0) is 68.8 Å². The van der Waals surface area contributed by atoms with Crippen molar-refractivity contribution in [2.24, 2.45) is 22.4 Å². The highest BCUT2D eigenvalue weighted by Crippen LogP contribution is 2.53. The van der Waals surface area contributed by atoms with Crippen LogP contribution in [-0.2, 0) is 21.2 Å². The lowest BCUT2D eigenvalue weighted by atomic mass is 9.68. The second kappa shape index (κ2) is 8.73. The SMILES string of the molecule is NS(=O)(=O)CC1CCN(C(=O)[C@@]2(Cc3ccccc3)C[C@H]3CC[C@@H]2N3CC2CCC2)CC1. The zero-order chi connectivity index (χ0) is 22.3. The average molecular weight is 460 g/mol. The molecule has 3 heterocycles. The van der Waals surface area contributed by atoms with Crippen LogP contribution in [0.3, 0.4) is 0 Å². The van der Waals surface area contributed by atoms with E-state index < -0.39 is 10.0 Å². The molecule has 7 heteroatoms. The Labute approximate surface area is 192 Å². The highest BCUT2D eigenvalue weighted by atomic mass is 32.2. The molecule has 1 aromatic carbocycles. The summed E-state index contributed by atoms with van der Waals surface area (Å²) in [5.41, 5.74) is 0.905. The summed E-state index contributed by atoms with van der Waals surface area (Å²) < 4.78 is 23.0. The Balaban J connectivity index is 1.36. The van der Waals surface area contributed by atoms with E-state index in [-0.39, 0.29) is 17.1 Å². The smallest absolute Gasteiger partial charge is 0.230 e. The van der Waals surface area contributed by atoms with Crippen LogP contribution in [0.1, 0.15) is 56.9 Å². The number of carbonyl (C=O) groups is 1. The Hall–Kier alpha value is -1.44. The maximum Gasteiger partial charge on any atom is 0.230 e. The number of sulfonamides is 1. The van der Waals surface area contributed by atoms with Crippen molar-refractivity contribution in [3.63, 3.8) is 0 Å². The fourth-order valence-electron chi connectivity index (χ4n) is 6.96. The molecule has 4 aliphatic rings. The van der Waals surface area contributed by atoms with Crippen molar-refractivity contribution in [1.82, 2.24) is 9.80 Å². The molecule has 3 saturated heterocycles. The van der Waals surface area contributed by atoms with Gasteiger partial charge in [0.15, 0.2) is 0 Å². The number of hydrogen-bond donors (Lipinski definition) is 1. The molecular weight excluding hydrogens is 422 g/mol. The molecular formula is C25H37N3O3S. The molecule has 32 heavy (non-hydrogen) atoms. The third-order valence-electron chi connectivity index (χ3n) is 8.73. The first-order valence-electron chi connectivity index (χ1n) is 12.4. The van der Waals surface area contributed by atoms with Gasteiger partial charge in [0.25, 0.3) is 0 Å². The van der Waals surface area contributed by atoms with E-state index in [1.807, 2.05) is 11.0 Å². The molecule has 4 fully saturated rings. The lowest BCUT2D eigenvalue weighted by molar-refractivity contribution is -0.145. The zero-order valence-corrected chi connectivity index (χ0v) is 19.8. The first-order valence-corrected chi connectivity index (χ1v) is 14.2. The molecule has 2 N–H and O–H groups in total. The predicted molar refractivity (Wildman–Crippen MR) is 125 cm³/mol. The van der Waals surface area contributed by atoms with E-state index in [2.05, 4.69) is 29.2 Å². The van der Waals surface area contributed by atoms with Crippen LogP contribution in [0, 0.1) is 17.3 Å². The summed E-state index contributed by atoms with van der Waals surface area (Å²) >= 11 is 0. The number of nitrogens with two attached hydrogens (primary N) is 1. The van der Waals surface area contributed by atoms with E-state index in [4.69, 9.17) is 5.14 Å². The molecule has 1 aliphatic carbocycles. The number of amides is 1. The molecule has 0 spiro atoms. The van der Waals surface area contributed by atoms with Crippen LogP contribution in [0.25, 0.3) is 0 Å². The highest BCUT2D eigenvalue weighted by molar-refractivity contribution is 7.89. The number of piperidine rings is 1. The van der Waals surface area contributed by atoms with Crippen LogP contribution in [0.15, 0.2) is 30.3 Å². The number of benzene rings is 1. The summed E-state index contributed by atoms with van der Waals surface area (Å²) in [4.78, 5) is 18.9. The zero-order valence-electron chi connectivity index (χ0n) is 19.0. The van der Waals surface area contributed by atoms with E-state index in [1.165, 1.54) is 31.2 Å². The summed E-state index contributed by atoms with van der Waals surface area (Å²) in [6, 6.07) is 11.4. The number of hydrogen-bond acceptors (Lipinski definition) is 4. The number of primary sulfonamides is 1. The molecule has 1 saturated carbocycles. The van der Waals surface area contributed by atoms with Crippen LogP contribution < -0.4 is 5.14 Å². The minimum absolute atomic E-state index is 0.0318. The van der Waals surface area contributed by atoms with E-state index in [9.17, 15) is 13.2 Å². The summed E-state index contributed by atoms with van der Waals surface area (Å²) in [6.45, 7) is 2.46. The largest absolute Gasteiger partial charge is 0.342 e. The van der Waals surface area contributed by atoms with E-state index in [0.29, 0.717) is 31.1 Å². The third-order valence-corrected chi connectivity index (χ3v) is 9.67. The van der Waals surface area contributed by atoms with Crippen molar-refractivity contribution < 1.29 is 13.2 Å². The quantitative estimate of drug-likeness (QED) is 0.680. The lowest BCUT2D eigenvalue weighted by Gasteiger charge is -2.43. The summed E-state index contributed by atoms with van der Waals surface area (Å²) in [6.07, 6.45) is 9.61. The Morgan fingerprint density at radius 1 is 1.00 bits per heavy atom. The summed E-state index contributed by atoms with van der Waals surface area (Å²) in [5.74, 6) is 1.22. The van der Waals surface area contributed by atoms with Crippen molar-refractivity contribution in [3.05, 3.63) is 35.9 Å².